The van der Waals surface area contributed by atoms with Crippen molar-refractivity contribution in [1.82, 2.24) is 10.4 Å². The molecule has 0 unspecified atom stereocenters. The molecule has 8 heteroatoms. The fourth-order valence-electron chi connectivity index (χ4n) is 2.48. The van der Waals surface area contributed by atoms with Crippen LogP contribution in [0.1, 0.15) is 18.4 Å². The van der Waals surface area contributed by atoms with Crippen LogP contribution in [0.5, 0.6) is 0 Å². The number of aromatic nitrogens is 1. The highest BCUT2D eigenvalue weighted by Crippen LogP contribution is 2.29. The van der Waals surface area contributed by atoms with Crippen LogP contribution < -0.4 is 15.3 Å². The van der Waals surface area contributed by atoms with E-state index in [1.807, 2.05) is 4.90 Å². The minimum Gasteiger partial charge on any atom is -0.289 e. The molecule has 0 atom stereocenters. The molecule has 0 spiro atoms. The number of nitrogens with one attached hydrogen (secondary N) is 2. The maximum absolute atomic E-state index is 12.5. The van der Waals surface area contributed by atoms with Gasteiger partial charge in [-0.3, -0.25) is 15.1 Å². The molecule has 1 aliphatic rings. The Bertz CT molecular complexity index is 508. The molecule has 0 aliphatic carbocycles. The zero-order valence-corrected chi connectivity index (χ0v) is 12.6. The highest BCUT2D eigenvalue weighted by Gasteiger charge is 2.33. The Kier molecular flexibility index (Phi) is 4.90. The second-order valence-electron chi connectivity index (χ2n) is 5.59. The molecule has 0 bridgehead atoms. The van der Waals surface area contributed by atoms with Crippen LogP contribution in [0.2, 0.25) is 0 Å². The number of nitrogens with zero attached hydrogens (tertiary/aromatic N) is 2. The number of amides is 1. The second-order valence-corrected chi connectivity index (χ2v) is 5.59. The second kappa shape index (κ2) is 6.51. The summed E-state index contributed by atoms with van der Waals surface area (Å²) in [7, 11) is 3.51. The van der Waals surface area contributed by atoms with Crippen molar-refractivity contribution in [3.63, 3.8) is 0 Å². The molecule has 5 nitrogen and oxygen atoms in total. The lowest BCUT2D eigenvalue weighted by atomic mass is 9.96. The SMILES string of the molecule is CN(C)NC(=O)C1CCN(c2ccc(C(F)(F)F)c[nH+]2)CC1. The van der Waals surface area contributed by atoms with Gasteiger partial charge in [-0.05, 0) is 18.9 Å². The number of piperidine rings is 1. The maximum Gasteiger partial charge on any atom is 0.419 e. The number of carbonyl (C=O) groups is 1. The van der Waals surface area contributed by atoms with E-state index in [1.54, 1.807) is 19.1 Å². The molecular formula is C14H20F3N4O+. The lowest BCUT2D eigenvalue weighted by Gasteiger charge is -2.27. The smallest absolute Gasteiger partial charge is 0.289 e. The molecular weight excluding hydrogens is 297 g/mol. The molecule has 0 radical (unpaired) electrons. The average molecular weight is 317 g/mol. The zero-order chi connectivity index (χ0) is 16.3. The van der Waals surface area contributed by atoms with Crippen LogP contribution in [-0.4, -0.2) is 38.1 Å². The van der Waals surface area contributed by atoms with Crippen molar-refractivity contribution >= 4 is 11.7 Å². The molecule has 2 heterocycles. The van der Waals surface area contributed by atoms with Crippen molar-refractivity contribution in [2.45, 2.75) is 19.0 Å². The predicted molar refractivity (Wildman–Crippen MR) is 74.8 cm³/mol. The first-order chi connectivity index (χ1) is 10.3. The van der Waals surface area contributed by atoms with Gasteiger partial charge in [0.05, 0.1) is 18.7 Å². The minimum atomic E-state index is -4.34. The minimum absolute atomic E-state index is 0.0129. The Hall–Kier alpha value is -1.83. The van der Waals surface area contributed by atoms with E-state index in [9.17, 15) is 18.0 Å². The van der Waals surface area contributed by atoms with Gasteiger partial charge in [0, 0.05) is 26.1 Å². The van der Waals surface area contributed by atoms with Gasteiger partial charge in [-0.1, -0.05) is 0 Å². The van der Waals surface area contributed by atoms with E-state index in [1.165, 1.54) is 6.07 Å². The lowest BCUT2D eigenvalue weighted by molar-refractivity contribution is -0.367. The number of hydrogen-bond donors (Lipinski definition) is 1. The monoisotopic (exact) mass is 317 g/mol. The summed E-state index contributed by atoms with van der Waals surface area (Å²) < 4.78 is 37.6. The number of pyridine rings is 1. The van der Waals surface area contributed by atoms with E-state index in [4.69, 9.17) is 0 Å². The molecule has 1 aliphatic heterocycles. The van der Waals surface area contributed by atoms with E-state index in [0.717, 1.165) is 12.3 Å². The largest absolute Gasteiger partial charge is 0.419 e. The molecule has 122 valence electrons. The van der Waals surface area contributed by atoms with Crippen molar-refractivity contribution in [2.24, 2.45) is 5.92 Å². The van der Waals surface area contributed by atoms with Crippen LogP contribution in [-0.2, 0) is 11.0 Å². The van der Waals surface area contributed by atoms with Crippen molar-refractivity contribution in [3.8, 4) is 0 Å². The van der Waals surface area contributed by atoms with Crippen molar-refractivity contribution in [1.29, 1.82) is 0 Å². The van der Waals surface area contributed by atoms with Gasteiger partial charge in [0.25, 0.3) is 5.82 Å². The van der Waals surface area contributed by atoms with Crippen molar-refractivity contribution in [2.75, 3.05) is 32.1 Å². The van der Waals surface area contributed by atoms with Crippen LogP contribution in [0.4, 0.5) is 19.0 Å². The molecule has 1 saturated heterocycles. The Labute approximate surface area is 127 Å². The molecule has 1 aromatic heterocycles. The Morgan fingerprint density at radius 1 is 1.32 bits per heavy atom. The van der Waals surface area contributed by atoms with Gasteiger partial charge in [-0.15, -0.1) is 0 Å². The van der Waals surface area contributed by atoms with Crippen LogP contribution >= 0.6 is 0 Å². The van der Waals surface area contributed by atoms with Gasteiger partial charge in [-0.2, -0.15) is 13.2 Å². The first kappa shape index (κ1) is 16.5. The number of anilines is 1. The summed E-state index contributed by atoms with van der Waals surface area (Å²) in [6.07, 6.45) is -2.02. The number of aromatic amines is 1. The van der Waals surface area contributed by atoms with Gasteiger partial charge < -0.3 is 0 Å². The van der Waals surface area contributed by atoms with E-state index in [-0.39, 0.29) is 11.8 Å². The quantitative estimate of drug-likeness (QED) is 0.856. The molecule has 0 saturated carbocycles. The average Bonchev–Trinajstić information content (AvgIpc) is 2.46. The van der Waals surface area contributed by atoms with Crippen LogP contribution in [0.3, 0.4) is 0 Å². The summed E-state index contributed by atoms with van der Waals surface area (Å²) in [6, 6.07) is 2.50. The zero-order valence-electron chi connectivity index (χ0n) is 12.6. The lowest BCUT2D eigenvalue weighted by Crippen LogP contribution is -2.45. The number of carbonyl (C=O) groups excluding carboxylic acids is 1. The Balaban J connectivity index is 1.93. The van der Waals surface area contributed by atoms with Gasteiger partial charge >= 0.3 is 6.18 Å². The summed E-state index contributed by atoms with van der Waals surface area (Å²) in [5, 5.41) is 1.61. The molecule has 1 aromatic rings. The summed E-state index contributed by atoms with van der Waals surface area (Å²) in [5.41, 5.74) is 2.04. The first-order valence-corrected chi connectivity index (χ1v) is 7.09. The number of hydrogen-bond acceptors (Lipinski definition) is 3. The van der Waals surface area contributed by atoms with E-state index in [2.05, 4.69) is 10.4 Å². The molecule has 2 rings (SSSR count). The summed E-state index contributed by atoms with van der Waals surface area (Å²) in [5.74, 6) is 0.564. The fourth-order valence-corrected chi connectivity index (χ4v) is 2.48. The molecule has 0 aromatic carbocycles. The van der Waals surface area contributed by atoms with Gasteiger partial charge in [-0.25, -0.2) is 9.99 Å². The normalized spacial score (nSPS) is 16.9. The van der Waals surface area contributed by atoms with E-state index in [0.29, 0.717) is 31.7 Å². The Morgan fingerprint density at radius 2 is 1.95 bits per heavy atom. The third-order valence-corrected chi connectivity index (χ3v) is 3.66. The van der Waals surface area contributed by atoms with Crippen molar-refractivity contribution < 1.29 is 22.9 Å². The van der Waals surface area contributed by atoms with Gasteiger partial charge in [0.2, 0.25) is 5.91 Å². The highest BCUT2D eigenvalue weighted by molar-refractivity contribution is 5.78. The maximum atomic E-state index is 12.5. The molecule has 2 N–H and O–H groups in total. The van der Waals surface area contributed by atoms with Crippen LogP contribution in [0.15, 0.2) is 18.3 Å². The van der Waals surface area contributed by atoms with Crippen LogP contribution in [0, 0.1) is 5.92 Å². The summed E-state index contributed by atoms with van der Waals surface area (Å²) in [6.45, 7) is 1.26. The third-order valence-electron chi connectivity index (χ3n) is 3.66. The van der Waals surface area contributed by atoms with Crippen LogP contribution in [0.25, 0.3) is 0 Å². The topological polar surface area (TPSA) is 49.7 Å². The van der Waals surface area contributed by atoms with Crippen molar-refractivity contribution in [3.05, 3.63) is 23.9 Å². The number of rotatable bonds is 3. The Morgan fingerprint density at radius 3 is 2.41 bits per heavy atom. The van der Waals surface area contributed by atoms with E-state index < -0.39 is 11.7 Å². The van der Waals surface area contributed by atoms with E-state index >= 15 is 0 Å². The first-order valence-electron chi connectivity index (χ1n) is 7.09. The number of H-pyrrole nitrogens is 1. The summed E-state index contributed by atoms with van der Waals surface area (Å²) in [4.78, 5) is 16.5. The van der Waals surface area contributed by atoms with Gasteiger partial charge in [0.1, 0.15) is 6.20 Å². The fraction of sp³-hybridized carbons (Fsp3) is 0.571. The predicted octanol–water partition coefficient (Wildman–Crippen LogP) is 1.33. The molecule has 1 fully saturated rings. The number of halogens is 3. The number of alkyl halides is 3. The highest BCUT2D eigenvalue weighted by atomic mass is 19.4. The van der Waals surface area contributed by atoms with Gasteiger partial charge in [0.15, 0.2) is 0 Å². The standard InChI is InChI=1S/C14H19F3N4O/c1-20(2)19-13(22)10-5-7-21(8-6-10)12-4-3-11(9-18-12)14(15,16)17/h3-4,9-10H,5-8H2,1-2H3,(H,19,22)/p+1. The number of hydrazine groups is 1. The summed E-state index contributed by atoms with van der Waals surface area (Å²) >= 11 is 0. The molecule has 22 heavy (non-hydrogen) atoms. The third kappa shape index (κ3) is 4.09. The molecule has 1 amide bonds.